The molecule has 8 nitrogen and oxygen atoms in total. The van der Waals surface area contributed by atoms with Gasteiger partial charge in [0.1, 0.15) is 22.3 Å². The Morgan fingerprint density at radius 2 is 1.82 bits per heavy atom. The number of carbonyl (C=O) groups is 3. The molecule has 0 saturated heterocycles. The van der Waals surface area contributed by atoms with E-state index in [1.54, 1.807) is 21.0 Å². The Kier molecular flexibility index (Phi) is 7.89. The van der Waals surface area contributed by atoms with E-state index in [4.69, 9.17) is 13.9 Å². The second-order valence-corrected chi connectivity index (χ2v) is 8.12. The molecule has 1 aromatic carbocycles. The number of methoxy groups -OCH3 is 1. The Morgan fingerprint density at radius 3 is 2.45 bits per heavy atom. The van der Waals surface area contributed by atoms with Crippen LogP contribution in [0.15, 0.2) is 40.8 Å². The molecule has 0 spiro atoms. The molecule has 2 heterocycles. The van der Waals surface area contributed by atoms with Crippen molar-refractivity contribution in [2.45, 2.75) is 26.7 Å². The van der Waals surface area contributed by atoms with Crippen LogP contribution in [0.3, 0.4) is 0 Å². The number of esters is 1. The van der Waals surface area contributed by atoms with Gasteiger partial charge in [-0.25, -0.2) is 4.79 Å². The molecule has 0 atom stereocenters. The van der Waals surface area contributed by atoms with Crippen molar-refractivity contribution in [1.29, 1.82) is 0 Å². The summed E-state index contributed by atoms with van der Waals surface area (Å²) in [6.07, 6.45) is 0.521. The first-order chi connectivity index (χ1) is 15.9. The van der Waals surface area contributed by atoms with Crippen LogP contribution in [0.25, 0.3) is 11.3 Å². The maximum absolute atomic E-state index is 12.6. The molecule has 0 aliphatic carbocycles. The number of benzene rings is 1. The van der Waals surface area contributed by atoms with Crippen LogP contribution in [0.1, 0.15) is 44.7 Å². The number of aryl methyl sites for hydroxylation is 1. The first-order valence-corrected chi connectivity index (χ1v) is 11.2. The van der Waals surface area contributed by atoms with Crippen molar-refractivity contribution in [2.24, 2.45) is 0 Å². The molecule has 0 fully saturated rings. The van der Waals surface area contributed by atoms with Crippen LogP contribution in [0, 0.1) is 6.92 Å². The maximum atomic E-state index is 12.6. The smallest absolute Gasteiger partial charge is 0.341 e. The lowest BCUT2D eigenvalue weighted by molar-refractivity contribution is -0.116. The number of hydrogen-bond acceptors (Lipinski definition) is 7. The fraction of sp³-hybridized carbons (Fsp3) is 0.292. The van der Waals surface area contributed by atoms with E-state index in [0.29, 0.717) is 33.4 Å². The second-order valence-electron chi connectivity index (χ2n) is 7.10. The fourth-order valence-electron chi connectivity index (χ4n) is 3.23. The van der Waals surface area contributed by atoms with Crippen LogP contribution in [0.4, 0.5) is 5.00 Å². The molecule has 0 saturated carbocycles. The molecule has 0 aliphatic rings. The highest BCUT2D eigenvalue weighted by Gasteiger charge is 2.26. The number of thiophene rings is 1. The quantitative estimate of drug-likeness (QED) is 0.448. The lowest BCUT2D eigenvalue weighted by Gasteiger charge is -2.07. The van der Waals surface area contributed by atoms with Crippen molar-refractivity contribution in [3.8, 4) is 17.1 Å². The lowest BCUT2D eigenvalue weighted by atomic mass is 10.1. The molecule has 0 aliphatic heterocycles. The highest BCUT2D eigenvalue weighted by Crippen LogP contribution is 2.34. The van der Waals surface area contributed by atoms with E-state index < -0.39 is 5.97 Å². The number of rotatable bonds is 9. The zero-order valence-corrected chi connectivity index (χ0v) is 19.8. The van der Waals surface area contributed by atoms with Crippen LogP contribution in [-0.2, 0) is 16.0 Å². The monoisotopic (exact) mass is 470 g/mol. The molecule has 3 rings (SSSR count). The Labute approximate surface area is 195 Å². The zero-order valence-electron chi connectivity index (χ0n) is 18.9. The average Bonchev–Trinajstić information content (AvgIpc) is 3.42. The van der Waals surface area contributed by atoms with E-state index in [1.165, 1.54) is 7.05 Å². The van der Waals surface area contributed by atoms with E-state index in [2.05, 4.69) is 10.6 Å². The summed E-state index contributed by atoms with van der Waals surface area (Å²) < 4.78 is 16.1. The number of carbonyl (C=O) groups excluding carboxylic acids is 3. The van der Waals surface area contributed by atoms with E-state index in [0.717, 1.165) is 22.6 Å². The summed E-state index contributed by atoms with van der Waals surface area (Å²) in [5.41, 5.74) is 1.58. The van der Waals surface area contributed by atoms with E-state index in [1.807, 2.05) is 36.4 Å². The van der Waals surface area contributed by atoms with Gasteiger partial charge in [-0.3, -0.25) is 9.59 Å². The summed E-state index contributed by atoms with van der Waals surface area (Å²) >= 11 is 1.05. The molecule has 0 unspecified atom stereocenters. The van der Waals surface area contributed by atoms with Crippen LogP contribution in [0.2, 0.25) is 0 Å². The third-order valence-electron chi connectivity index (χ3n) is 4.95. The van der Waals surface area contributed by atoms with Crippen LogP contribution in [0.5, 0.6) is 5.75 Å². The van der Waals surface area contributed by atoms with Gasteiger partial charge in [-0.15, -0.1) is 11.3 Å². The second kappa shape index (κ2) is 10.8. The van der Waals surface area contributed by atoms with Crippen molar-refractivity contribution in [3.63, 3.8) is 0 Å². The van der Waals surface area contributed by atoms with Crippen LogP contribution >= 0.6 is 11.3 Å². The van der Waals surface area contributed by atoms with Crippen LogP contribution < -0.4 is 15.4 Å². The normalized spacial score (nSPS) is 10.5. The van der Waals surface area contributed by atoms with Gasteiger partial charge in [-0.05, 0) is 55.8 Å². The SMILES string of the molecule is CCOC(=O)c1c(NC(=O)CCc2ccc(-c3ccc(OC)cc3)o2)sc(C(=O)NC)c1C. The lowest BCUT2D eigenvalue weighted by Crippen LogP contribution is -2.18. The fourth-order valence-corrected chi connectivity index (χ4v) is 4.39. The Balaban J connectivity index is 1.69. The van der Waals surface area contributed by atoms with Gasteiger partial charge >= 0.3 is 5.97 Å². The minimum atomic E-state index is -0.577. The maximum Gasteiger partial charge on any atom is 0.341 e. The minimum absolute atomic E-state index is 0.143. The first-order valence-electron chi connectivity index (χ1n) is 10.4. The van der Waals surface area contributed by atoms with Crippen molar-refractivity contribution >= 4 is 34.1 Å². The van der Waals surface area contributed by atoms with Gasteiger partial charge in [-0.1, -0.05) is 0 Å². The van der Waals surface area contributed by atoms with E-state index in [-0.39, 0.29) is 30.4 Å². The molecule has 0 bridgehead atoms. The Morgan fingerprint density at radius 1 is 1.09 bits per heavy atom. The predicted octanol–water partition coefficient (Wildman–Crippen LogP) is 4.43. The topological polar surface area (TPSA) is 107 Å². The van der Waals surface area contributed by atoms with Gasteiger partial charge in [0.15, 0.2) is 0 Å². The summed E-state index contributed by atoms with van der Waals surface area (Å²) in [6.45, 7) is 3.54. The third kappa shape index (κ3) is 5.61. The molecule has 33 heavy (non-hydrogen) atoms. The van der Waals surface area contributed by atoms with E-state index in [9.17, 15) is 14.4 Å². The van der Waals surface area contributed by atoms with Gasteiger partial charge in [0.2, 0.25) is 5.91 Å². The summed E-state index contributed by atoms with van der Waals surface area (Å²) in [5.74, 6) is 0.911. The molecular weight excluding hydrogens is 444 g/mol. The predicted molar refractivity (Wildman–Crippen MR) is 126 cm³/mol. The number of nitrogens with one attached hydrogen (secondary N) is 2. The number of hydrogen-bond donors (Lipinski definition) is 2. The highest BCUT2D eigenvalue weighted by atomic mass is 32.1. The van der Waals surface area contributed by atoms with Gasteiger partial charge in [0.25, 0.3) is 5.91 Å². The molecule has 2 amide bonds. The Hall–Kier alpha value is -3.59. The molecule has 2 aromatic heterocycles. The van der Waals surface area contributed by atoms with Gasteiger partial charge in [0.05, 0.1) is 24.2 Å². The zero-order chi connectivity index (χ0) is 24.0. The standard InChI is InChI=1S/C24H26N2O6S/c1-5-31-24(29)20-14(2)21(22(28)25-3)33-23(20)26-19(27)13-11-17-10-12-18(32-17)15-6-8-16(30-4)9-7-15/h6-10,12H,5,11,13H2,1-4H3,(H,25,28)(H,26,27). The third-order valence-corrected chi connectivity index (χ3v) is 6.15. The van der Waals surface area contributed by atoms with Crippen molar-refractivity contribution in [1.82, 2.24) is 5.32 Å². The molecule has 9 heteroatoms. The molecular formula is C24H26N2O6S. The van der Waals surface area contributed by atoms with E-state index >= 15 is 0 Å². The largest absolute Gasteiger partial charge is 0.497 e. The molecule has 2 N–H and O–H groups in total. The van der Waals surface area contributed by atoms with Crippen molar-refractivity contribution < 1.29 is 28.3 Å². The van der Waals surface area contributed by atoms with Crippen molar-refractivity contribution in [2.75, 3.05) is 26.1 Å². The summed E-state index contributed by atoms with van der Waals surface area (Å²) in [7, 11) is 3.12. The summed E-state index contributed by atoms with van der Waals surface area (Å²) in [4.78, 5) is 37.5. The van der Waals surface area contributed by atoms with Gasteiger partial charge in [0, 0.05) is 25.5 Å². The van der Waals surface area contributed by atoms with Gasteiger partial charge < -0.3 is 24.5 Å². The molecule has 3 aromatic rings. The van der Waals surface area contributed by atoms with Gasteiger partial charge in [-0.2, -0.15) is 0 Å². The van der Waals surface area contributed by atoms with Crippen molar-refractivity contribution in [3.05, 3.63) is 58.2 Å². The highest BCUT2D eigenvalue weighted by molar-refractivity contribution is 7.18. The first kappa shape index (κ1) is 24.1. The minimum Gasteiger partial charge on any atom is -0.497 e. The number of ether oxygens (including phenoxy) is 2. The number of furan rings is 1. The van der Waals surface area contributed by atoms with Crippen LogP contribution in [-0.4, -0.2) is 38.5 Å². The summed E-state index contributed by atoms with van der Waals surface area (Å²) in [5, 5.41) is 5.60. The summed E-state index contributed by atoms with van der Waals surface area (Å²) in [6, 6.07) is 11.2. The average molecular weight is 471 g/mol. The Bertz CT molecular complexity index is 1150. The number of anilines is 1. The number of amides is 2. The molecule has 0 radical (unpaired) electrons. The molecule has 174 valence electrons.